The Morgan fingerprint density at radius 3 is 2.86 bits per heavy atom. The Kier molecular flexibility index (Phi) is 6.43. The highest BCUT2D eigenvalue weighted by Crippen LogP contribution is 2.38. The second-order valence-corrected chi connectivity index (χ2v) is 7.57. The van der Waals surface area contributed by atoms with Crippen LogP contribution in [0.25, 0.3) is 0 Å². The molecule has 2 unspecified atom stereocenters. The Bertz CT molecular complexity index is 447. The second-order valence-electron chi connectivity index (χ2n) is 6.30. The average Bonchev–Trinajstić information content (AvgIpc) is 2.50. The van der Waals surface area contributed by atoms with E-state index in [1.807, 2.05) is 0 Å². The fourth-order valence-corrected chi connectivity index (χ4v) is 4.28. The molecule has 0 aliphatic heterocycles. The Morgan fingerprint density at radius 1 is 1.38 bits per heavy atom. The minimum atomic E-state index is 0.489. The molecule has 2 rings (SSSR count). The summed E-state index contributed by atoms with van der Waals surface area (Å²) < 4.78 is 5.38. The molecule has 0 saturated carbocycles. The van der Waals surface area contributed by atoms with Crippen molar-refractivity contribution in [3.63, 3.8) is 0 Å². The minimum Gasteiger partial charge on any atom is -0.497 e. The van der Waals surface area contributed by atoms with E-state index in [4.69, 9.17) is 4.74 Å². The standard InChI is InChI=1S/C18H29NOS/c1-5-10-19-18-16-8-7-15(20-4)11-14(16)6-9-17(18)21-12-13(2)3/h7-8,11,13,17-19H,5-6,9-10,12H2,1-4H3. The second kappa shape index (κ2) is 8.09. The minimum absolute atomic E-state index is 0.489. The van der Waals surface area contributed by atoms with Gasteiger partial charge in [-0.1, -0.05) is 26.8 Å². The number of rotatable bonds is 7. The first-order valence-corrected chi connectivity index (χ1v) is 9.22. The number of hydrogen-bond donors (Lipinski definition) is 1. The van der Waals surface area contributed by atoms with E-state index in [2.05, 4.69) is 56.0 Å². The molecule has 0 spiro atoms. The number of hydrogen-bond acceptors (Lipinski definition) is 3. The number of aryl methyl sites for hydroxylation is 1. The number of fused-ring (bicyclic) bond motifs is 1. The lowest BCUT2D eigenvalue weighted by molar-refractivity contribution is 0.411. The predicted molar refractivity (Wildman–Crippen MR) is 93.4 cm³/mol. The van der Waals surface area contributed by atoms with Crippen molar-refractivity contribution < 1.29 is 4.74 Å². The van der Waals surface area contributed by atoms with Crippen molar-refractivity contribution in [3.05, 3.63) is 29.3 Å². The number of ether oxygens (including phenoxy) is 1. The maximum atomic E-state index is 5.38. The molecule has 1 aromatic rings. The van der Waals surface area contributed by atoms with Crippen LogP contribution in [0.5, 0.6) is 5.75 Å². The first-order valence-electron chi connectivity index (χ1n) is 8.17. The van der Waals surface area contributed by atoms with Crippen LogP contribution in [0.15, 0.2) is 18.2 Å². The average molecular weight is 308 g/mol. The van der Waals surface area contributed by atoms with Crippen LogP contribution in [0.4, 0.5) is 0 Å². The summed E-state index contributed by atoms with van der Waals surface area (Å²) in [5.74, 6) is 3.00. The molecule has 1 aromatic carbocycles. The number of benzene rings is 1. The maximum absolute atomic E-state index is 5.38. The quantitative estimate of drug-likeness (QED) is 0.804. The third-order valence-electron chi connectivity index (χ3n) is 4.01. The van der Waals surface area contributed by atoms with Gasteiger partial charge in [-0.05, 0) is 60.7 Å². The topological polar surface area (TPSA) is 21.3 Å². The van der Waals surface area contributed by atoms with Crippen LogP contribution in [0.2, 0.25) is 0 Å². The maximum Gasteiger partial charge on any atom is 0.119 e. The Balaban J connectivity index is 2.17. The summed E-state index contributed by atoms with van der Waals surface area (Å²) in [6.45, 7) is 7.95. The van der Waals surface area contributed by atoms with E-state index in [0.29, 0.717) is 11.3 Å². The third kappa shape index (κ3) is 4.40. The lowest BCUT2D eigenvalue weighted by Gasteiger charge is -2.34. The third-order valence-corrected chi connectivity index (χ3v) is 5.81. The normalized spacial score (nSPS) is 21.4. The largest absolute Gasteiger partial charge is 0.497 e. The van der Waals surface area contributed by atoms with E-state index in [1.54, 1.807) is 7.11 Å². The molecule has 21 heavy (non-hydrogen) atoms. The first-order chi connectivity index (χ1) is 10.2. The van der Waals surface area contributed by atoms with Crippen molar-refractivity contribution in [3.8, 4) is 5.75 Å². The van der Waals surface area contributed by atoms with E-state index in [9.17, 15) is 0 Å². The highest BCUT2D eigenvalue weighted by Gasteiger charge is 2.29. The number of thioether (sulfide) groups is 1. The van der Waals surface area contributed by atoms with E-state index in [1.165, 1.54) is 36.1 Å². The zero-order valence-electron chi connectivity index (χ0n) is 13.8. The molecule has 1 aliphatic carbocycles. The monoisotopic (exact) mass is 307 g/mol. The molecule has 0 radical (unpaired) electrons. The molecule has 1 N–H and O–H groups in total. The van der Waals surface area contributed by atoms with Gasteiger partial charge in [-0.15, -0.1) is 0 Å². The van der Waals surface area contributed by atoms with Crippen molar-refractivity contribution in [2.75, 3.05) is 19.4 Å². The van der Waals surface area contributed by atoms with E-state index in [-0.39, 0.29) is 0 Å². The van der Waals surface area contributed by atoms with Gasteiger partial charge >= 0.3 is 0 Å². The molecule has 0 fully saturated rings. The highest BCUT2D eigenvalue weighted by molar-refractivity contribution is 7.99. The summed E-state index contributed by atoms with van der Waals surface area (Å²) in [5.41, 5.74) is 2.95. The summed E-state index contributed by atoms with van der Waals surface area (Å²) in [6.07, 6.45) is 3.62. The van der Waals surface area contributed by atoms with Gasteiger partial charge in [0.2, 0.25) is 0 Å². The Labute approximate surface area is 134 Å². The van der Waals surface area contributed by atoms with Crippen LogP contribution in [0, 0.1) is 5.92 Å². The molecule has 0 aromatic heterocycles. The summed E-state index contributed by atoms with van der Waals surface area (Å²) in [6, 6.07) is 7.08. The Hall–Kier alpha value is -0.670. The SMILES string of the molecule is CCCNC1c2ccc(OC)cc2CCC1SCC(C)C. The summed E-state index contributed by atoms with van der Waals surface area (Å²) in [7, 11) is 1.75. The number of methoxy groups -OCH3 is 1. The fourth-order valence-electron chi connectivity index (χ4n) is 2.93. The van der Waals surface area contributed by atoms with E-state index in [0.717, 1.165) is 18.2 Å². The van der Waals surface area contributed by atoms with Crippen molar-refractivity contribution in [2.24, 2.45) is 5.92 Å². The molecule has 0 bridgehead atoms. The van der Waals surface area contributed by atoms with Crippen molar-refractivity contribution >= 4 is 11.8 Å². The van der Waals surface area contributed by atoms with Crippen molar-refractivity contribution in [1.82, 2.24) is 5.32 Å². The molecular weight excluding hydrogens is 278 g/mol. The van der Waals surface area contributed by atoms with Crippen LogP contribution >= 0.6 is 11.8 Å². The van der Waals surface area contributed by atoms with Crippen LogP contribution in [0.1, 0.15) is 50.8 Å². The molecule has 0 saturated heterocycles. The fraction of sp³-hybridized carbons (Fsp3) is 0.667. The molecule has 2 nitrogen and oxygen atoms in total. The van der Waals surface area contributed by atoms with Gasteiger partial charge in [0.15, 0.2) is 0 Å². The van der Waals surface area contributed by atoms with Gasteiger partial charge in [0.05, 0.1) is 7.11 Å². The first kappa shape index (κ1) is 16.7. The lowest BCUT2D eigenvalue weighted by atomic mass is 9.87. The summed E-state index contributed by atoms with van der Waals surface area (Å²) >= 11 is 2.14. The summed E-state index contributed by atoms with van der Waals surface area (Å²) in [4.78, 5) is 0. The predicted octanol–water partition coefficient (Wildman–Crippen LogP) is 4.44. The molecule has 0 heterocycles. The van der Waals surface area contributed by atoms with Crippen molar-refractivity contribution in [2.45, 2.75) is 51.3 Å². The van der Waals surface area contributed by atoms with Gasteiger partial charge in [-0.2, -0.15) is 11.8 Å². The highest BCUT2D eigenvalue weighted by atomic mass is 32.2. The molecule has 1 aliphatic rings. The van der Waals surface area contributed by atoms with Gasteiger partial charge in [-0.3, -0.25) is 0 Å². The smallest absolute Gasteiger partial charge is 0.119 e. The van der Waals surface area contributed by atoms with E-state index < -0.39 is 0 Å². The van der Waals surface area contributed by atoms with Crippen LogP contribution in [0.3, 0.4) is 0 Å². The van der Waals surface area contributed by atoms with E-state index >= 15 is 0 Å². The van der Waals surface area contributed by atoms with Gasteiger partial charge in [0.25, 0.3) is 0 Å². The van der Waals surface area contributed by atoms with Crippen LogP contribution in [-0.4, -0.2) is 24.7 Å². The molecule has 3 heteroatoms. The zero-order valence-corrected chi connectivity index (χ0v) is 14.6. The molecular formula is C18H29NOS. The molecule has 2 atom stereocenters. The lowest BCUT2D eigenvalue weighted by Crippen LogP contribution is -2.35. The van der Waals surface area contributed by atoms with Crippen LogP contribution < -0.4 is 10.1 Å². The molecule has 118 valence electrons. The van der Waals surface area contributed by atoms with Gasteiger partial charge in [-0.25, -0.2) is 0 Å². The number of nitrogens with one attached hydrogen (secondary N) is 1. The Morgan fingerprint density at radius 2 is 2.19 bits per heavy atom. The molecule has 0 amide bonds. The van der Waals surface area contributed by atoms with Gasteiger partial charge in [0.1, 0.15) is 5.75 Å². The van der Waals surface area contributed by atoms with Gasteiger partial charge < -0.3 is 10.1 Å². The summed E-state index contributed by atoms with van der Waals surface area (Å²) in [5, 5.41) is 4.47. The van der Waals surface area contributed by atoms with Crippen LogP contribution in [-0.2, 0) is 6.42 Å². The zero-order chi connectivity index (χ0) is 15.2. The van der Waals surface area contributed by atoms with Crippen molar-refractivity contribution in [1.29, 1.82) is 0 Å². The van der Waals surface area contributed by atoms with Gasteiger partial charge in [0, 0.05) is 11.3 Å².